The molecular weight excluding hydrogens is 268 g/mol. The van der Waals surface area contributed by atoms with E-state index in [4.69, 9.17) is 6.42 Å². The number of hydroxylamine groups is 1. The topological polar surface area (TPSA) is 75.7 Å². The summed E-state index contributed by atoms with van der Waals surface area (Å²) in [6.45, 7) is 0.116. The van der Waals surface area contributed by atoms with Gasteiger partial charge in [-0.1, -0.05) is 10.4 Å². The van der Waals surface area contributed by atoms with Crippen LogP contribution in [-0.2, 0) is 14.9 Å². The fourth-order valence-electron chi connectivity index (χ4n) is 1.26. The quantitative estimate of drug-likeness (QED) is 0.619. The van der Waals surface area contributed by atoms with Gasteiger partial charge < -0.3 is 5.32 Å². The molecule has 7 heteroatoms. The Morgan fingerprint density at radius 1 is 1.42 bits per heavy atom. The van der Waals surface area contributed by atoms with Crippen molar-refractivity contribution in [3.05, 3.63) is 29.8 Å². The first-order valence-electron chi connectivity index (χ1n) is 5.28. The Morgan fingerprint density at radius 2 is 2.00 bits per heavy atom. The molecule has 0 bridgehead atoms. The maximum Gasteiger partial charge on any atom is 0.264 e. The molecule has 102 valence electrons. The van der Waals surface area contributed by atoms with Gasteiger partial charge in [-0.15, -0.1) is 6.42 Å². The Morgan fingerprint density at radius 3 is 2.47 bits per heavy atom. The maximum atomic E-state index is 11.9. The number of sulfonamides is 1. The van der Waals surface area contributed by atoms with Crippen LogP contribution in [0.3, 0.4) is 0 Å². The number of hydrogen-bond donors (Lipinski definition) is 1. The highest BCUT2D eigenvalue weighted by Crippen LogP contribution is 2.15. The Labute approximate surface area is 112 Å². The zero-order valence-corrected chi connectivity index (χ0v) is 11.4. The molecule has 0 saturated heterocycles. The number of hydrogen-bond acceptors (Lipinski definition) is 4. The number of nitrogens with one attached hydrogen (secondary N) is 1. The number of terminal acetylenes is 1. The number of nitrogens with zero attached hydrogens (tertiary/aromatic N) is 1. The highest BCUT2D eigenvalue weighted by molar-refractivity contribution is 7.89. The Bertz CT molecular complexity index is 587. The Kier molecular flexibility index (Phi) is 5.06. The van der Waals surface area contributed by atoms with Crippen molar-refractivity contribution in [3.8, 4) is 12.3 Å². The van der Waals surface area contributed by atoms with Gasteiger partial charge in [-0.2, -0.15) is 0 Å². The summed E-state index contributed by atoms with van der Waals surface area (Å²) in [7, 11) is -1.17. The van der Waals surface area contributed by atoms with Crippen LogP contribution in [-0.4, -0.2) is 39.5 Å². The molecule has 0 spiro atoms. The van der Waals surface area contributed by atoms with E-state index in [9.17, 15) is 13.2 Å². The molecule has 1 aromatic rings. The standard InChI is InChI=1S/C12H14N2O4S/c1-4-9-13-12(15)10-5-7-11(8-6-10)19(16,17)14(2)18-3/h1,5-8H,9H2,2-3H3,(H,13,15). The molecule has 0 aliphatic rings. The van der Waals surface area contributed by atoms with E-state index in [1.54, 1.807) is 0 Å². The number of amides is 1. The highest BCUT2D eigenvalue weighted by atomic mass is 32.2. The summed E-state index contributed by atoms with van der Waals surface area (Å²) < 4.78 is 24.5. The molecule has 0 radical (unpaired) electrons. The largest absolute Gasteiger partial charge is 0.341 e. The van der Waals surface area contributed by atoms with Crippen LogP contribution in [0.4, 0.5) is 0 Å². The third kappa shape index (κ3) is 3.54. The molecule has 0 fully saturated rings. The first-order chi connectivity index (χ1) is 8.93. The molecule has 0 heterocycles. The van der Waals surface area contributed by atoms with Gasteiger partial charge in [0.2, 0.25) is 0 Å². The van der Waals surface area contributed by atoms with Crippen LogP contribution in [0.2, 0.25) is 0 Å². The van der Waals surface area contributed by atoms with E-state index in [1.807, 2.05) is 0 Å². The summed E-state index contributed by atoms with van der Waals surface area (Å²) in [6, 6.07) is 5.47. The van der Waals surface area contributed by atoms with E-state index in [0.29, 0.717) is 5.56 Å². The Balaban J connectivity index is 2.95. The van der Waals surface area contributed by atoms with Crippen molar-refractivity contribution >= 4 is 15.9 Å². The summed E-state index contributed by atoms with van der Waals surface area (Å²) in [6.07, 6.45) is 5.02. The fraction of sp³-hybridized carbons (Fsp3) is 0.250. The SMILES string of the molecule is C#CCNC(=O)c1ccc(S(=O)(=O)N(C)OC)cc1. The maximum absolute atomic E-state index is 11.9. The van der Waals surface area contributed by atoms with Crippen LogP contribution in [0.1, 0.15) is 10.4 Å². The third-order valence-electron chi connectivity index (χ3n) is 2.36. The van der Waals surface area contributed by atoms with Gasteiger partial charge in [0.1, 0.15) is 0 Å². The molecule has 0 saturated carbocycles. The molecule has 6 nitrogen and oxygen atoms in total. The number of rotatable bonds is 5. The minimum atomic E-state index is -3.70. The molecule has 0 aromatic heterocycles. The summed E-state index contributed by atoms with van der Waals surface area (Å²) in [5.41, 5.74) is 0.328. The predicted molar refractivity (Wildman–Crippen MR) is 69.6 cm³/mol. The second kappa shape index (κ2) is 6.33. The lowest BCUT2D eigenvalue weighted by atomic mass is 10.2. The van der Waals surface area contributed by atoms with E-state index in [-0.39, 0.29) is 17.3 Å². The van der Waals surface area contributed by atoms with E-state index >= 15 is 0 Å². The normalized spacial score (nSPS) is 11.1. The van der Waals surface area contributed by atoms with Crippen LogP contribution in [0.15, 0.2) is 29.2 Å². The van der Waals surface area contributed by atoms with Crippen LogP contribution < -0.4 is 5.32 Å². The lowest BCUT2D eigenvalue weighted by Crippen LogP contribution is -2.26. The van der Waals surface area contributed by atoms with Gasteiger partial charge >= 0.3 is 0 Å². The number of carbonyl (C=O) groups excluding carboxylic acids is 1. The number of carbonyl (C=O) groups is 1. The van der Waals surface area contributed by atoms with Gasteiger partial charge in [0.05, 0.1) is 18.6 Å². The molecule has 0 unspecified atom stereocenters. The van der Waals surface area contributed by atoms with Crippen molar-refractivity contribution in [1.29, 1.82) is 0 Å². The van der Waals surface area contributed by atoms with E-state index in [0.717, 1.165) is 4.47 Å². The van der Waals surface area contributed by atoms with Crippen molar-refractivity contribution < 1.29 is 18.0 Å². The molecule has 1 aromatic carbocycles. The van der Waals surface area contributed by atoms with Gasteiger partial charge in [0.15, 0.2) is 0 Å². The second-order valence-electron chi connectivity index (χ2n) is 3.51. The van der Waals surface area contributed by atoms with Crippen LogP contribution in [0.25, 0.3) is 0 Å². The number of benzene rings is 1. The molecule has 1 rings (SSSR count). The molecule has 1 N–H and O–H groups in total. The summed E-state index contributed by atoms with van der Waals surface area (Å²) in [5.74, 6) is 1.92. The van der Waals surface area contributed by atoms with Gasteiger partial charge in [0.25, 0.3) is 15.9 Å². The summed E-state index contributed by atoms with van der Waals surface area (Å²) in [5, 5.41) is 2.48. The highest BCUT2D eigenvalue weighted by Gasteiger charge is 2.20. The van der Waals surface area contributed by atoms with Crippen LogP contribution in [0.5, 0.6) is 0 Å². The smallest absolute Gasteiger partial charge is 0.264 e. The summed E-state index contributed by atoms with van der Waals surface area (Å²) in [4.78, 5) is 16.2. The summed E-state index contributed by atoms with van der Waals surface area (Å²) >= 11 is 0. The molecule has 0 aliphatic heterocycles. The average Bonchev–Trinajstić information content (AvgIpc) is 2.43. The van der Waals surface area contributed by atoms with Crippen molar-refractivity contribution in [3.63, 3.8) is 0 Å². The first-order valence-corrected chi connectivity index (χ1v) is 6.72. The first kappa shape index (κ1) is 15.2. The second-order valence-corrected chi connectivity index (χ2v) is 5.44. The average molecular weight is 282 g/mol. The minimum Gasteiger partial charge on any atom is -0.341 e. The lowest BCUT2D eigenvalue weighted by molar-refractivity contribution is -0.0258. The molecule has 0 aliphatic carbocycles. The van der Waals surface area contributed by atoms with Gasteiger partial charge in [-0.05, 0) is 24.3 Å². The molecule has 1 amide bonds. The lowest BCUT2D eigenvalue weighted by Gasteiger charge is -2.14. The van der Waals surface area contributed by atoms with Gasteiger partial charge in [-0.25, -0.2) is 8.42 Å². The van der Waals surface area contributed by atoms with Crippen LogP contribution in [0, 0.1) is 12.3 Å². The zero-order valence-electron chi connectivity index (χ0n) is 10.6. The van der Waals surface area contributed by atoms with E-state index < -0.39 is 10.0 Å². The molecule has 0 atom stereocenters. The van der Waals surface area contributed by atoms with Gasteiger partial charge in [0, 0.05) is 12.6 Å². The van der Waals surface area contributed by atoms with Gasteiger partial charge in [-0.3, -0.25) is 9.63 Å². The third-order valence-corrected chi connectivity index (χ3v) is 4.05. The fourth-order valence-corrected chi connectivity index (χ4v) is 2.23. The molecular formula is C12H14N2O4S. The van der Waals surface area contributed by atoms with E-state index in [2.05, 4.69) is 16.1 Å². The molecule has 19 heavy (non-hydrogen) atoms. The zero-order chi connectivity index (χ0) is 14.5. The van der Waals surface area contributed by atoms with Crippen LogP contribution >= 0.6 is 0 Å². The predicted octanol–water partition coefficient (Wildman–Crippen LogP) is 0.232. The van der Waals surface area contributed by atoms with Crippen molar-refractivity contribution in [1.82, 2.24) is 9.79 Å². The van der Waals surface area contributed by atoms with Crippen molar-refractivity contribution in [2.24, 2.45) is 0 Å². The van der Waals surface area contributed by atoms with E-state index in [1.165, 1.54) is 38.4 Å². The van der Waals surface area contributed by atoms with Crippen molar-refractivity contribution in [2.45, 2.75) is 4.90 Å². The monoisotopic (exact) mass is 282 g/mol. The Hall–Kier alpha value is -1.88. The van der Waals surface area contributed by atoms with Crippen molar-refractivity contribution in [2.75, 3.05) is 20.7 Å². The minimum absolute atomic E-state index is 0.0327.